The van der Waals surface area contributed by atoms with Crippen LogP contribution in [0.15, 0.2) is 0 Å². The molecule has 3 N–H and O–H groups in total. The molecule has 2 fully saturated rings. The van der Waals surface area contributed by atoms with Crippen molar-refractivity contribution in [2.45, 2.75) is 58.4 Å². The smallest absolute Gasteiger partial charge is 0.223 e. The Hall–Kier alpha value is -0.610. The van der Waals surface area contributed by atoms with Gasteiger partial charge in [0.2, 0.25) is 5.91 Å². The first-order chi connectivity index (χ1) is 9.50. The van der Waals surface area contributed by atoms with Gasteiger partial charge in [-0.1, -0.05) is 20.3 Å². The maximum Gasteiger partial charge on any atom is 0.223 e. The number of carbonyl (C=O) groups is 1. The third-order valence-electron chi connectivity index (χ3n) is 5.27. The molecule has 20 heavy (non-hydrogen) atoms. The second-order valence-corrected chi connectivity index (χ2v) is 7.12. The van der Waals surface area contributed by atoms with Crippen molar-refractivity contribution in [3.63, 3.8) is 0 Å². The van der Waals surface area contributed by atoms with Gasteiger partial charge in [0.05, 0.1) is 0 Å². The Morgan fingerprint density at radius 1 is 1.40 bits per heavy atom. The maximum atomic E-state index is 12.4. The van der Waals surface area contributed by atoms with Crippen molar-refractivity contribution < 1.29 is 9.53 Å². The summed E-state index contributed by atoms with van der Waals surface area (Å²) in [5.41, 5.74) is 6.23. The molecule has 4 heteroatoms. The number of hydrogen-bond donors (Lipinski definition) is 2. The minimum Gasteiger partial charge on any atom is -0.381 e. The van der Waals surface area contributed by atoms with Crippen LogP contribution in [0.2, 0.25) is 0 Å². The molecule has 0 aromatic carbocycles. The second kappa shape index (κ2) is 6.90. The van der Waals surface area contributed by atoms with Crippen LogP contribution in [0.25, 0.3) is 0 Å². The van der Waals surface area contributed by atoms with E-state index in [1.54, 1.807) is 0 Å². The summed E-state index contributed by atoms with van der Waals surface area (Å²) in [6, 6.07) is 0.289. The highest BCUT2D eigenvalue weighted by Crippen LogP contribution is 2.31. The average molecular weight is 282 g/mol. The predicted octanol–water partition coefficient (Wildman–Crippen LogP) is 2.07. The zero-order chi connectivity index (χ0) is 14.6. The van der Waals surface area contributed by atoms with Gasteiger partial charge in [0.15, 0.2) is 0 Å². The van der Waals surface area contributed by atoms with Crippen molar-refractivity contribution in [3.05, 3.63) is 0 Å². The molecule has 0 bridgehead atoms. The average Bonchev–Trinajstić information content (AvgIpc) is 2.45. The molecule has 4 nitrogen and oxygen atoms in total. The molecule has 2 rings (SSSR count). The van der Waals surface area contributed by atoms with Crippen LogP contribution in [-0.2, 0) is 9.53 Å². The number of nitrogens with one attached hydrogen (secondary N) is 1. The zero-order valence-corrected chi connectivity index (χ0v) is 13.0. The highest BCUT2D eigenvalue weighted by molar-refractivity contribution is 5.78. The number of carbonyl (C=O) groups excluding carboxylic acids is 1. The standard InChI is InChI=1S/C16H30N2O2/c1-12(13-4-3-5-14(17)10-13)15(19)18-11-16(2)6-8-20-9-7-16/h12-14H,3-11,17H2,1-2H3,(H,18,19). The van der Waals surface area contributed by atoms with Gasteiger partial charge in [-0.05, 0) is 43.4 Å². The van der Waals surface area contributed by atoms with Gasteiger partial charge in [0, 0.05) is 31.7 Å². The molecule has 3 unspecified atom stereocenters. The van der Waals surface area contributed by atoms with Crippen LogP contribution in [0.4, 0.5) is 0 Å². The first-order valence-corrected chi connectivity index (χ1v) is 8.11. The fourth-order valence-corrected chi connectivity index (χ4v) is 3.44. The van der Waals surface area contributed by atoms with Crippen molar-refractivity contribution in [2.24, 2.45) is 23.0 Å². The van der Waals surface area contributed by atoms with Gasteiger partial charge in [0.25, 0.3) is 0 Å². The fraction of sp³-hybridized carbons (Fsp3) is 0.938. The third-order valence-corrected chi connectivity index (χ3v) is 5.27. The van der Waals surface area contributed by atoms with E-state index in [2.05, 4.69) is 19.2 Å². The van der Waals surface area contributed by atoms with Crippen molar-refractivity contribution in [2.75, 3.05) is 19.8 Å². The van der Waals surface area contributed by atoms with E-state index in [-0.39, 0.29) is 23.3 Å². The molecular weight excluding hydrogens is 252 g/mol. The van der Waals surface area contributed by atoms with Crippen LogP contribution in [0.5, 0.6) is 0 Å². The van der Waals surface area contributed by atoms with Crippen molar-refractivity contribution in [1.82, 2.24) is 5.32 Å². The topological polar surface area (TPSA) is 64.3 Å². The molecule has 3 atom stereocenters. The monoisotopic (exact) mass is 282 g/mol. The molecular formula is C16H30N2O2. The van der Waals surface area contributed by atoms with Crippen molar-refractivity contribution >= 4 is 5.91 Å². The summed E-state index contributed by atoms with van der Waals surface area (Å²) in [4.78, 5) is 12.4. The van der Waals surface area contributed by atoms with Crippen molar-refractivity contribution in [3.8, 4) is 0 Å². The van der Waals surface area contributed by atoms with Gasteiger partial charge in [-0.3, -0.25) is 4.79 Å². The lowest BCUT2D eigenvalue weighted by molar-refractivity contribution is -0.127. The van der Waals surface area contributed by atoms with E-state index < -0.39 is 0 Å². The number of ether oxygens (including phenoxy) is 1. The van der Waals surface area contributed by atoms with E-state index >= 15 is 0 Å². The Morgan fingerprint density at radius 3 is 2.75 bits per heavy atom. The first-order valence-electron chi connectivity index (χ1n) is 8.11. The summed E-state index contributed by atoms with van der Waals surface area (Å²) >= 11 is 0. The zero-order valence-electron chi connectivity index (χ0n) is 13.0. The van der Waals surface area contributed by atoms with E-state index in [9.17, 15) is 4.79 Å². The minimum absolute atomic E-state index is 0.0878. The van der Waals surface area contributed by atoms with Gasteiger partial charge in [-0.2, -0.15) is 0 Å². The molecule has 0 radical (unpaired) electrons. The molecule has 1 saturated heterocycles. The van der Waals surface area contributed by atoms with Gasteiger partial charge < -0.3 is 15.8 Å². The normalized spacial score (nSPS) is 31.6. The molecule has 0 spiro atoms. The fourth-order valence-electron chi connectivity index (χ4n) is 3.44. The Labute approximate surface area is 122 Å². The SMILES string of the molecule is CC(C(=O)NCC1(C)CCOCC1)C1CCCC(N)C1. The Balaban J connectivity index is 1.78. The molecule has 116 valence electrons. The number of amides is 1. The van der Waals surface area contributed by atoms with E-state index in [1.807, 2.05) is 0 Å². The summed E-state index contributed by atoms with van der Waals surface area (Å²) in [7, 11) is 0. The Kier molecular flexibility index (Phi) is 5.44. The van der Waals surface area contributed by atoms with Gasteiger partial charge in [-0.25, -0.2) is 0 Å². The number of nitrogens with two attached hydrogens (primary N) is 1. The third kappa shape index (κ3) is 4.19. The molecule has 2 aliphatic rings. The van der Waals surface area contributed by atoms with Crippen LogP contribution in [0, 0.1) is 17.3 Å². The minimum atomic E-state index is 0.0878. The Bertz CT molecular complexity index is 326. The van der Waals surface area contributed by atoms with E-state index in [0.717, 1.165) is 51.9 Å². The molecule has 0 aromatic rings. The second-order valence-electron chi connectivity index (χ2n) is 7.12. The van der Waals surface area contributed by atoms with Crippen LogP contribution in [0.1, 0.15) is 52.4 Å². The largest absolute Gasteiger partial charge is 0.381 e. The van der Waals surface area contributed by atoms with E-state index in [1.165, 1.54) is 6.42 Å². The molecule has 1 aliphatic heterocycles. The quantitative estimate of drug-likeness (QED) is 0.829. The van der Waals surface area contributed by atoms with Crippen LogP contribution < -0.4 is 11.1 Å². The number of rotatable bonds is 4. The first kappa shape index (κ1) is 15.8. The molecule has 1 aliphatic carbocycles. The summed E-state index contributed by atoms with van der Waals surface area (Å²) in [6.45, 7) is 6.72. The van der Waals surface area contributed by atoms with Gasteiger partial charge >= 0.3 is 0 Å². The number of hydrogen-bond acceptors (Lipinski definition) is 3. The lowest BCUT2D eigenvalue weighted by Crippen LogP contribution is -2.43. The summed E-state index contributed by atoms with van der Waals surface area (Å²) in [5, 5.41) is 3.17. The lowest BCUT2D eigenvalue weighted by Gasteiger charge is -2.35. The van der Waals surface area contributed by atoms with Gasteiger partial charge in [-0.15, -0.1) is 0 Å². The highest BCUT2D eigenvalue weighted by atomic mass is 16.5. The molecule has 1 amide bonds. The lowest BCUT2D eigenvalue weighted by atomic mass is 9.78. The van der Waals surface area contributed by atoms with Crippen LogP contribution in [0.3, 0.4) is 0 Å². The Morgan fingerprint density at radius 2 is 2.10 bits per heavy atom. The molecule has 0 aromatic heterocycles. The molecule has 1 saturated carbocycles. The maximum absolute atomic E-state index is 12.4. The van der Waals surface area contributed by atoms with Crippen LogP contribution >= 0.6 is 0 Å². The summed E-state index contributed by atoms with van der Waals surface area (Å²) < 4.78 is 5.40. The van der Waals surface area contributed by atoms with E-state index in [4.69, 9.17) is 10.5 Å². The van der Waals surface area contributed by atoms with Crippen molar-refractivity contribution in [1.29, 1.82) is 0 Å². The summed E-state index contributed by atoms with van der Waals surface area (Å²) in [6.07, 6.45) is 6.50. The molecule has 1 heterocycles. The van der Waals surface area contributed by atoms with Crippen LogP contribution in [-0.4, -0.2) is 31.7 Å². The van der Waals surface area contributed by atoms with Gasteiger partial charge in [0.1, 0.15) is 0 Å². The highest BCUT2D eigenvalue weighted by Gasteiger charge is 2.31. The predicted molar refractivity (Wildman–Crippen MR) is 80.3 cm³/mol. The van der Waals surface area contributed by atoms with E-state index in [0.29, 0.717) is 5.92 Å². The summed E-state index contributed by atoms with van der Waals surface area (Å²) in [5.74, 6) is 0.753.